The molecule has 3 aromatic rings. The molecule has 0 bridgehead atoms. The van der Waals surface area contributed by atoms with Crippen LogP contribution >= 0.6 is 11.3 Å². The summed E-state index contributed by atoms with van der Waals surface area (Å²) in [6.07, 6.45) is 0. The number of hydrogen-bond acceptors (Lipinski definition) is 3. The van der Waals surface area contributed by atoms with Crippen LogP contribution in [0.3, 0.4) is 0 Å². The summed E-state index contributed by atoms with van der Waals surface area (Å²) in [6, 6.07) is 15.6. The van der Waals surface area contributed by atoms with Crippen LogP contribution in [-0.4, -0.2) is 12.9 Å². The van der Waals surface area contributed by atoms with Crippen molar-refractivity contribution in [3.8, 4) is 5.75 Å². The summed E-state index contributed by atoms with van der Waals surface area (Å²) in [5.74, 6) is 0.653. The zero-order valence-electron chi connectivity index (χ0n) is 10.4. The van der Waals surface area contributed by atoms with Crippen LogP contribution in [0.15, 0.2) is 53.9 Å². The molecule has 1 heterocycles. The van der Waals surface area contributed by atoms with Gasteiger partial charge in [-0.3, -0.25) is 4.79 Å². The normalized spacial score (nSPS) is 10.6. The van der Waals surface area contributed by atoms with Crippen LogP contribution in [0.4, 0.5) is 0 Å². The second kappa shape index (κ2) is 4.86. The summed E-state index contributed by atoms with van der Waals surface area (Å²) in [4.78, 5) is 13.1. The van der Waals surface area contributed by atoms with E-state index in [2.05, 4.69) is 0 Å². The molecule has 3 heteroatoms. The van der Waals surface area contributed by atoms with Crippen molar-refractivity contribution in [2.24, 2.45) is 0 Å². The van der Waals surface area contributed by atoms with E-state index in [0.717, 1.165) is 10.8 Å². The van der Waals surface area contributed by atoms with Crippen molar-refractivity contribution in [2.75, 3.05) is 7.11 Å². The number of benzene rings is 2. The molecule has 0 unspecified atom stereocenters. The van der Waals surface area contributed by atoms with Gasteiger partial charge in [0.15, 0.2) is 0 Å². The molecule has 3 rings (SSSR count). The van der Waals surface area contributed by atoms with Gasteiger partial charge in [0.05, 0.1) is 7.11 Å². The van der Waals surface area contributed by atoms with Crippen LogP contribution in [0.5, 0.6) is 5.75 Å². The Balaban J connectivity index is 2.06. The van der Waals surface area contributed by atoms with E-state index in [1.165, 1.54) is 11.3 Å². The Morgan fingerprint density at radius 2 is 1.84 bits per heavy atom. The molecule has 0 fully saturated rings. The monoisotopic (exact) mass is 268 g/mol. The Bertz CT molecular complexity index is 743. The van der Waals surface area contributed by atoms with Crippen molar-refractivity contribution in [3.05, 3.63) is 64.4 Å². The van der Waals surface area contributed by atoms with Crippen molar-refractivity contribution >= 4 is 27.9 Å². The van der Waals surface area contributed by atoms with E-state index in [0.29, 0.717) is 16.2 Å². The Kier molecular flexibility index (Phi) is 3.05. The second-order valence-electron chi connectivity index (χ2n) is 4.21. The molecule has 0 saturated carbocycles. The Morgan fingerprint density at radius 3 is 2.63 bits per heavy atom. The lowest BCUT2D eigenvalue weighted by atomic mass is 10.0. The van der Waals surface area contributed by atoms with Gasteiger partial charge in [0.25, 0.3) is 0 Å². The number of hydrogen-bond donors (Lipinski definition) is 0. The van der Waals surface area contributed by atoms with Gasteiger partial charge in [-0.2, -0.15) is 0 Å². The average Bonchev–Trinajstić information content (AvgIpc) is 2.94. The minimum absolute atomic E-state index is 0.0117. The average molecular weight is 268 g/mol. The van der Waals surface area contributed by atoms with Gasteiger partial charge >= 0.3 is 0 Å². The number of fused-ring (bicyclic) bond motifs is 1. The topological polar surface area (TPSA) is 26.3 Å². The minimum Gasteiger partial charge on any atom is -0.495 e. The molecule has 0 amide bonds. The highest BCUT2D eigenvalue weighted by Crippen LogP contribution is 2.28. The number of thiophene rings is 1. The molecule has 19 heavy (non-hydrogen) atoms. The van der Waals surface area contributed by atoms with E-state index in [1.54, 1.807) is 7.11 Å². The minimum atomic E-state index is 0.0117. The number of carbonyl (C=O) groups excluding carboxylic acids is 1. The van der Waals surface area contributed by atoms with Crippen molar-refractivity contribution < 1.29 is 9.53 Å². The maximum Gasteiger partial charge on any atom is 0.206 e. The first-order valence-electron chi connectivity index (χ1n) is 5.94. The summed E-state index contributed by atoms with van der Waals surface area (Å²) in [6.45, 7) is 0. The summed E-state index contributed by atoms with van der Waals surface area (Å²) >= 11 is 1.41. The lowest BCUT2D eigenvalue weighted by Gasteiger charge is -2.04. The van der Waals surface area contributed by atoms with E-state index in [4.69, 9.17) is 4.74 Å². The Morgan fingerprint density at radius 1 is 1.05 bits per heavy atom. The lowest BCUT2D eigenvalue weighted by molar-refractivity contribution is 0.104. The largest absolute Gasteiger partial charge is 0.495 e. The summed E-state index contributed by atoms with van der Waals surface area (Å²) in [5.41, 5.74) is 0.694. The Labute approximate surface area is 115 Å². The van der Waals surface area contributed by atoms with Crippen molar-refractivity contribution in [2.45, 2.75) is 0 Å². The number of ketones is 1. The predicted molar refractivity (Wildman–Crippen MR) is 78.3 cm³/mol. The van der Waals surface area contributed by atoms with Gasteiger partial charge in [0.1, 0.15) is 10.6 Å². The van der Waals surface area contributed by atoms with Gasteiger partial charge in [-0.15, -0.1) is 11.3 Å². The van der Waals surface area contributed by atoms with E-state index < -0.39 is 0 Å². The number of ether oxygens (including phenoxy) is 1. The number of methoxy groups -OCH3 is 1. The maximum atomic E-state index is 12.5. The van der Waals surface area contributed by atoms with Crippen molar-refractivity contribution in [3.63, 3.8) is 0 Å². The molecule has 0 aliphatic carbocycles. The molecule has 94 valence electrons. The summed E-state index contributed by atoms with van der Waals surface area (Å²) < 4.78 is 5.21. The van der Waals surface area contributed by atoms with Crippen LogP contribution in [0.25, 0.3) is 10.8 Å². The van der Waals surface area contributed by atoms with E-state index in [1.807, 2.05) is 53.9 Å². The van der Waals surface area contributed by atoms with E-state index in [9.17, 15) is 4.79 Å². The van der Waals surface area contributed by atoms with Gasteiger partial charge in [0, 0.05) is 5.56 Å². The smallest absolute Gasteiger partial charge is 0.206 e. The first kappa shape index (κ1) is 11.9. The van der Waals surface area contributed by atoms with Crippen LogP contribution < -0.4 is 4.74 Å². The van der Waals surface area contributed by atoms with Crippen LogP contribution in [0.2, 0.25) is 0 Å². The fraction of sp³-hybridized carbons (Fsp3) is 0.0625. The molecule has 0 spiro atoms. The van der Waals surface area contributed by atoms with Gasteiger partial charge in [-0.25, -0.2) is 0 Å². The van der Waals surface area contributed by atoms with E-state index in [-0.39, 0.29) is 5.78 Å². The van der Waals surface area contributed by atoms with Gasteiger partial charge in [-0.05, 0) is 28.3 Å². The molecule has 0 radical (unpaired) electrons. The van der Waals surface area contributed by atoms with Crippen LogP contribution in [0.1, 0.15) is 15.2 Å². The quantitative estimate of drug-likeness (QED) is 0.667. The molecular formula is C16H12O2S. The van der Waals surface area contributed by atoms with E-state index >= 15 is 0 Å². The van der Waals surface area contributed by atoms with Crippen LogP contribution in [-0.2, 0) is 0 Å². The number of rotatable bonds is 3. The van der Waals surface area contributed by atoms with Crippen molar-refractivity contribution in [1.29, 1.82) is 0 Å². The zero-order valence-corrected chi connectivity index (χ0v) is 11.2. The highest BCUT2D eigenvalue weighted by atomic mass is 32.1. The third kappa shape index (κ3) is 2.13. The van der Waals surface area contributed by atoms with Crippen molar-refractivity contribution in [1.82, 2.24) is 0 Å². The highest BCUT2D eigenvalue weighted by molar-refractivity contribution is 7.12. The zero-order chi connectivity index (χ0) is 13.2. The third-order valence-corrected chi connectivity index (χ3v) is 3.96. The van der Waals surface area contributed by atoms with Gasteiger partial charge in [0.2, 0.25) is 5.78 Å². The van der Waals surface area contributed by atoms with Gasteiger partial charge < -0.3 is 4.74 Å². The Hall–Kier alpha value is -2.13. The highest BCUT2D eigenvalue weighted by Gasteiger charge is 2.16. The molecule has 2 aromatic carbocycles. The lowest BCUT2D eigenvalue weighted by Crippen LogP contribution is -2.00. The standard InChI is InChI=1S/C16H12O2S/c1-18-14-8-9-19-16(14)15(17)13-7-6-11-4-2-3-5-12(11)10-13/h2-10H,1H3. The molecule has 0 aliphatic rings. The fourth-order valence-corrected chi connectivity index (χ4v) is 2.91. The van der Waals surface area contributed by atoms with Crippen LogP contribution in [0, 0.1) is 0 Å². The molecule has 1 aromatic heterocycles. The molecule has 0 atom stereocenters. The SMILES string of the molecule is COc1ccsc1C(=O)c1ccc2ccccc2c1. The first-order chi connectivity index (χ1) is 9.29. The molecular weight excluding hydrogens is 256 g/mol. The predicted octanol–water partition coefficient (Wildman–Crippen LogP) is 4.14. The fourth-order valence-electron chi connectivity index (χ4n) is 2.09. The molecule has 0 saturated heterocycles. The van der Waals surface area contributed by atoms with Gasteiger partial charge in [-0.1, -0.05) is 36.4 Å². The molecule has 0 aliphatic heterocycles. The number of carbonyl (C=O) groups is 1. The first-order valence-corrected chi connectivity index (χ1v) is 6.82. The third-order valence-electron chi connectivity index (χ3n) is 3.07. The summed E-state index contributed by atoms with van der Waals surface area (Å²) in [5, 5.41) is 4.08. The summed E-state index contributed by atoms with van der Waals surface area (Å²) in [7, 11) is 1.58. The maximum absolute atomic E-state index is 12.5. The molecule has 2 nitrogen and oxygen atoms in total. The second-order valence-corrected chi connectivity index (χ2v) is 5.13. The molecule has 0 N–H and O–H groups in total.